The molecule has 0 fully saturated rings. The zero-order valence-corrected chi connectivity index (χ0v) is 19.3. The van der Waals surface area contributed by atoms with Gasteiger partial charge in [0, 0.05) is 28.9 Å². The summed E-state index contributed by atoms with van der Waals surface area (Å²) in [7, 11) is 0. The summed E-state index contributed by atoms with van der Waals surface area (Å²) in [5.74, 6) is 0.182. The fraction of sp³-hybridized carbons (Fsp3) is 0.259. The highest BCUT2D eigenvalue weighted by atomic mass is 16.6. The lowest BCUT2D eigenvalue weighted by Gasteiger charge is -2.35. The second kappa shape index (κ2) is 9.21. The number of carbonyl (C=O) groups is 2. The molecule has 1 aliphatic carbocycles. The number of anilines is 1. The van der Waals surface area contributed by atoms with Gasteiger partial charge in [-0.2, -0.15) is 0 Å². The molecule has 1 aliphatic heterocycles. The van der Waals surface area contributed by atoms with E-state index < -0.39 is 11.0 Å². The Hall–Kier alpha value is -4.20. The number of amides is 2. The summed E-state index contributed by atoms with van der Waals surface area (Å²) in [4.78, 5) is 38.3. The number of hydrogen-bond donors (Lipinski definition) is 1. The maximum Gasteiger partial charge on any atom is 0.269 e. The SMILES string of the molecule is CC1Oc2ccc(NC(=O)c3ccc([N+](=O)[O-])cc3)cc2CN(C2CCCc3ccccc32)C1=O. The monoisotopic (exact) mass is 471 g/mol. The van der Waals surface area contributed by atoms with E-state index in [9.17, 15) is 19.7 Å². The van der Waals surface area contributed by atoms with Crippen molar-refractivity contribution in [2.24, 2.45) is 0 Å². The molecule has 2 aliphatic rings. The molecule has 0 bridgehead atoms. The van der Waals surface area contributed by atoms with E-state index in [1.807, 2.05) is 23.1 Å². The Morgan fingerprint density at radius 3 is 2.63 bits per heavy atom. The Bertz CT molecular complexity index is 1300. The fourth-order valence-electron chi connectivity index (χ4n) is 4.89. The number of aryl methyl sites for hydroxylation is 1. The number of non-ortho nitro benzene ring substituents is 1. The van der Waals surface area contributed by atoms with Gasteiger partial charge in [0.2, 0.25) is 0 Å². The van der Waals surface area contributed by atoms with E-state index in [-0.39, 0.29) is 23.5 Å². The van der Waals surface area contributed by atoms with E-state index in [1.54, 1.807) is 19.1 Å². The van der Waals surface area contributed by atoms with Crippen molar-refractivity contribution in [1.82, 2.24) is 4.90 Å². The summed E-state index contributed by atoms with van der Waals surface area (Å²) in [6.45, 7) is 2.14. The van der Waals surface area contributed by atoms with Gasteiger partial charge in [0.05, 0.1) is 17.5 Å². The zero-order valence-electron chi connectivity index (χ0n) is 19.3. The predicted octanol–water partition coefficient (Wildman–Crippen LogP) is 5.03. The molecule has 178 valence electrons. The van der Waals surface area contributed by atoms with E-state index in [2.05, 4.69) is 17.4 Å². The van der Waals surface area contributed by atoms with Crippen LogP contribution in [0.3, 0.4) is 0 Å². The average Bonchev–Trinajstić information content (AvgIpc) is 2.99. The molecule has 8 heteroatoms. The third-order valence-electron chi connectivity index (χ3n) is 6.65. The lowest BCUT2D eigenvalue weighted by Crippen LogP contribution is -2.41. The molecule has 3 aromatic rings. The van der Waals surface area contributed by atoms with Crippen LogP contribution in [0.1, 0.15) is 52.9 Å². The van der Waals surface area contributed by atoms with Gasteiger partial charge in [-0.15, -0.1) is 0 Å². The van der Waals surface area contributed by atoms with Crippen LogP contribution in [-0.2, 0) is 17.8 Å². The van der Waals surface area contributed by atoms with Gasteiger partial charge in [-0.25, -0.2) is 0 Å². The first-order valence-electron chi connectivity index (χ1n) is 11.6. The van der Waals surface area contributed by atoms with Gasteiger partial charge < -0.3 is 15.0 Å². The number of benzene rings is 3. The Labute approximate surface area is 202 Å². The van der Waals surface area contributed by atoms with Crippen molar-refractivity contribution in [3.05, 3.63) is 99.1 Å². The summed E-state index contributed by atoms with van der Waals surface area (Å²) >= 11 is 0. The number of hydrogen-bond acceptors (Lipinski definition) is 5. The van der Waals surface area contributed by atoms with Gasteiger partial charge in [0.15, 0.2) is 6.10 Å². The minimum atomic E-state index is -0.620. The highest BCUT2D eigenvalue weighted by Gasteiger charge is 2.35. The second-order valence-corrected chi connectivity index (χ2v) is 8.91. The lowest BCUT2D eigenvalue weighted by molar-refractivity contribution is -0.384. The third-order valence-corrected chi connectivity index (χ3v) is 6.65. The van der Waals surface area contributed by atoms with Crippen LogP contribution in [0.4, 0.5) is 11.4 Å². The molecule has 0 saturated heterocycles. The van der Waals surface area contributed by atoms with Crippen molar-refractivity contribution in [2.45, 2.75) is 44.9 Å². The molecular weight excluding hydrogens is 446 g/mol. The first-order valence-corrected chi connectivity index (χ1v) is 11.6. The summed E-state index contributed by atoms with van der Waals surface area (Å²) in [6.07, 6.45) is 2.29. The molecule has 2 amide bonds. The molecule has 1 N–H and O–H groups in total. The molecule has 0 spiro atoms. The number of nitrogens with zero attached hydrogens (tertiary/aromatic N) is 2. The number of ether oxygens (including phenoxy) is 1. The van der Waals surface area contributed by atoms with Crippen LogP contribution in [0, 0.1) is 10.1 Å². The molecule has 3 aromatic carbocycles. The van der Waals surface area contributed by atoms with E-state index in [4.69, 9.17) is 4.74 Å². The summed E-state index contributed by atoms with van der Waals surface area (Å²) < 4.78 is 5.99. The number of nitrogens with one attached hydrogen (secondary N) is 1. The Balaban J connectivity index is 1.41. The Kier molecular flexibility index (Phi) is 5.94. The summed E-state index contributed by atoms with van der Waals surface area (Å²) in [5.41, 5.74) is 4.07. The minimum absolute atomic E-state index is 0.0252. The first kappa shape index (κ1) is 22.6. The van der Waals surface area contributed by atoms with Crippen LogP contribution in [0.15, 0.2) is 66.7 Å². The van der Waals surface area contributed by atoms with E-state index in [0.717, 1.165) is 24.8 Å². The largest absolute Gasteiger partial charge is 0.481 e. The lowest BCUT2D eigenvalue weighted by atomic mass is 9.86. The quantitative estimate of drug-likeness (QED) is 0.425. The fourth-order valence-corrected chi connectivity index (χ4v) is 4.89. The molecule has 0 radical (unpaired) electrons. The number of carbonyl (C=O) groups excluding carboxylic acids is 2. The van der Waals surface area contributed by atoms with E-state index in [0.29, 0.717) is 23.5 Å². The highest BCUT2D eigenvalue weighted by Crippen LogP contribution is 2.38. The summed E-state index contributed by atoms with van der Waals surface area (Å²) in [6, 6.07) is 19.0. The van der Waals surface area contributed by atoms with Gasteiger partial charge >= 0.3 is 0 Å². The molecule has 2 atom stereocenters. The number of rotatable bonds is 4. The van der Waals surface area contributed by atoms with Crippen LogP contribution in [0.2, 0.25) is 0 Å². The van der Waals surface area contributed by atoms with Gasteiger partial charge in [-0.3, -0.25) is 19.7 Å². The van der Waals surface area contributed by atoms with Crippen LogP contribution in [-0.4, -0.2) is 27.7 Å². The Morgan fingerprint density at radius 2 is 1.86 bits per heavy atom. The van der Waals surface area contributed by atoms with Gasteiger partial charge in [-0.05, 0) is 67.6 Å². The average molecular weight is 472 g/mol. The van der Waals surface area contributed by atoms with Crippen molar-refractivity contribution in [1.29, 1.82) is 0 Å². The van der Waals surface area contributed by atoms with Gasteiger partial charge in [-0.1, -0.05) is 24.3 Å². The van der Waals surface area contributed by atoms with Crippen molar-refractivity contribution in [3.63, 3.8) is 0 Å². The maximum absolute atomic E-state index is 13.3. The molecule has 1 heterocycles. The van der Waals surface area contributed by atoms with E-state index >= 15 is 0 Å². The van der Waals surface area contributed by atoms with Crippen molar-refractivity contribution in [3.8, 4) is 5.75 Å². The zero-order chi connectivity index (χ0) is 24.5. The van der Waals surface area contributed by atoms with Crippen molar-refractivity contribution < 1.29 is 19.2 Å². The van der Waals surface area contributed by atoms with Crippen LogP contribution < -0.4 is 10.1 Å². The molecule has 5 rings (SSSR count). The molecular formula is C27H25N3O5. The molecule has 35 heavy (non-hydrogen) atoms. The second-order valence-electron chi connectivity index (χ2n) is 8.91. The standard InChI is InChI=1S/C27H25N3O5/c1-17-27(32)29(24-8-4-6-18-5-2-3-7-23(18)24)16-20-15-21(11-14-25(20)35-17)28-26(31)19-9-12-22(13-10-19)30(33)34/h2-3,5,7,9-15,17,24H,4,6,8,16H2,1H3,(H,28,31). The number of nitro benzene ring substituents is 1. The molecule has 8 nitrogen and oxygen atoms in total. The number of nitro groups is 1. The maximum atomic E-state index is 13.3. The first-order chi connectivity index (χ1) is 16.9. The van der Waals surface area contributed by atoms with E-state index in [1.165, 1.54) is 35.4 Å². The van der Waals surface area contributed by atoms with Crippen LogP contribution in [0.5, 0.6) is 5.75 Å². The number of fused-ring (bicyclic) bond motifs is 2. The summed E-state index contributed by atoms with van der Waals surface area (Å²) in [5, 5.41) is 13.7. The van der Waals surface area contributed by atoms with Crippen molar-refractivity contribution >= 4 is 23.2 Å². The minimum Gasteiger partial charge on any atom is -0.481 e. The molecule has 0 saturated carbocycles. The normalized spacial score (nSPS) is 19.1. The van der Waals surface area contributed by atoms with Gasteiger partial charge in [0.25, 0.3) is 17.5 Å². The molecule has 2 unspecified atom stereocenters. The van der Waals surface area contributed by atoms with Gasteiger partial charge in [0.1, 0.15) is 5.75 Å². The smallest absolute Gasteiger partial charge is 0.269 e. The molecule has 0 aromatic heterocycles. The predicted molar refractivity (Wildman–Crippen MR) is 130 cm³/mol. The van der Waals surface area contributed by atoms with Crippen LogP contribution >= 0.6 is 0 Å². The van der Waals surface area contributed by atoms with Crippen molar-refractivity contribution in [2.75, 3.05) is 5.32 Å². The van der Waals surface area contributed by atoms with Crippen LogP contribution in [0.25, 0.3) is 0 Å². The highest BCUT2D eigenvalue weighted by molar-refractivity contribution is 6.04. The third kappa shape index (κ3) is 4.47. The topological polar surface area (TPSA) is 102 Å². The Morgan fingerprint density at radius 1 is 1.09 bits per heavy atom.